The van der Waals surface area contributed by atoms with E-state index in [1.54, 1.807) is 0 Å². The lowest BCUT2D eigenvalue weighted by molar-refractivity contribution is -0.384. The van der Waals surface area contributed by atoms with Crippen LogP contribution in [0.25, 0.3) is 0 Å². The SMILES string of the molecule is O=Cc1cc([N+](=O)[O-])ccc1SCCO. The summed E-state index contributed by atoms with van der Waals surface area (Å²) in [5, 5.41) is 19.1. The van der Waals surface area contributed by atoms with Gasteiger partial charge in [0.15, 0.2) is 6.29 Å². The van der Waals surface area contributed by atoms with Gasteiger partial charge in [-0.25, -0.2) is 0 Å². The summed E-state index contributed by atoms with van der Waals surface area (Å²) in [5.41, 5.74) is 0.174. The van der Waals surface area contributed by atoms with Gasteiger partial charge in [-0.3, -0.25) is 14.9 Å². The Morgan fingerprint density at radius 2 is 2.27 bits per heavy atom. The number of hydrogen-bond donors (Lipinski definition) is 1. The molecule has 0 bridgehead atoms. The molecule has 0 aliphatic heterocycles. The van der Waals surface area contributed by atoms with Crippen molar-refractivity contribution in [1.29, 1.82) is 0 Å². The molecule has 0 atom stereocenters. The molecule has 0 saturated heterocycles. The highest BCUT2D eigenvalue weighted by Crippen LogP contribution is 2.25. The Labute approximate surface area is 90.3 Å². The molecule has 80 valence electrons. The second-order valence-corrected chi connectivity index (χ2v) is 3.81. The summed E-state index contributed by atoms with van der Waals surface area (Å²) in [5.74, 6) is 0.457. The van der Waals surface area contributed by atoms with Gasteiger partial charge in [0.25, 0.3) is 5.69 Å². The average Bonchev–Trinajstić information content (AvgIpc) is 2.25. The molecule has 1 aromatic carbocycles. The Morgan fingerprint density at radius 1 is 1.53 bits per heavy atom. The molecular weight excluding hydrogens is 218 g/mol. The summed E-state index contributed by atoms with van der Waals surface area (Å²) in [4.78, 5) is 21.2. The molecule has 1 rings (SSSR count). The number of benzene rings is 1. The molecule has 0 fully saturated rings. The fourth-order valence-corrected chi connectivity index (χ4v) is 1.78. The third-order valence-electron chi connectivity index (χ3n) is 1.68. The Kier molecular flexibility index (Phi) is 4.26. The zero-order valence-electron chi connectivity index (χ0n) is 7.75. The number of nitro groups is 1. The van der Waals surface area contributed by atoms with Crippen LogP contribution in [0.3, 0.4) is 0 Å². The van der Waals surface area contributed by atoms with E-state index in [4.69, 9.17) is 5.11 Å². The van der Waals surface area contributed by atoms with Crippen molar-refractivity contribution < 1.29 is 14.8 Å². The number of nitrogens with zero attached hydrogens (tertiary/aromatic N) is 1. The Hall–Kier alpha value is -1.40. The largest absolute Gasteiger partial charge is 0.396 e. The quantitative estimate of drug-likeness (QED) is 0.357. The number of hydrogen-bond acceptors (Lipinski definition) is 5. The Balaban J connectivity index is 2.98. The molecule has 1 N–H and O–H groups in total. The third kappa shape index (κ3) is 3.03. The van der Waals surface area contributed by atoms with Crippen molar-refractivity contribution in [1.82, 2.24) is 0 Å². The first kappa shape index (κ1) is 11.7. The number of nitro benzene ring substituents is 1. The summed E-state index contributed by atoms with van der Waals surface area (Å²) in [7, 11) is 0. The highest BCUT2D eigenvalue weighted by Gasteiger charge is 2.10. The van der Waals surface area contributed by atoms with Gasteiger partial charge >= 0.3 is 0 Å². The van der Waals surface area contributed by atoms with Gasteiger partial charge in [-0.1, -0.05) is 0 Å². The van der Waals surface area contributed by atoms with E-state index in [1.807, 2.05) is 0 Å². The van der Waals surface area contributed by atoms with Gasteiger partial charge in [-0.05, 0) is 6.07 Å². The van der Waals surface area contributed by atoms with E-state index in [2.05, 4.69) is 0 Å². The van der Waals surface area contributed by atoms with E-state index < -0.39 is 4.92 Å². The van der Waals surface area contributed by atoms with Crippen molar-refractivity contribution in [3.8, 4) is 0 Å². The molecule has 0 heterocycles. The zero-order chi connectivity index (χ0) is 11.3. The molecule has 0 aliphatic rings. The number of carbonyl (C=O) groups is 1. The summed E-state index contributed by atoms with van der Waals surface area (Å²) in [6.45, 7) is -0.0000483. The van der Waals surface area contributed by atoms with E-state index in [0.29, 0.717) is 16.9 Å². The van der Waals surface area contributed by atoms with Gasteiger partial charge in [0.2, 0.25) is 0 Å². The van der Waals surface area contributed by atoms with Gasteiger partial charge in [-0.2, -0.15) is 0 Å². The van der Waals surface area contributed by atoms with E-state index in [9.17, 15) is 14.9 Å². The molecule has 0 aromatic heterocycles. The van der Waals surface area contributed by atoms with E-state index in [1.165, 1.54) is 30.0 Å². The van der Waals surface area contributed by atoms with Crippen molar-refractivity contribution in [3.05, 3.63) is 33.9 Å². The van der Waals surface area contributed by atoms with Crippen LogP contribution in [0.4, 0.5) is 5.69 Å². The van der Waals surface area contributed by atoms with Crippen LogP contribution in [0.5, 0.6) is 0 Å². The topological polar surface area (TPSA) is 80.4 Å². The third-order valence-corrected chi connectivity index (χ3v) is 2.75. The fraction of sp³-hybridized carbons (Fsp3) is 0.222. The predicted molar refractivity (Wildman–Crippen MR) is 56.3 cm³/mol. The minimum Gasteiger partial charge on any atom is -0.396 e. The van der Waals surface area contributed by atoms with Crippen LogP contribution in [0, 0.1) is 10.1 Å². The zero-order valence-corrected chi connectivity index (χ0v) is 8.57. The van der Waals surface area contributed by atoms with Gasteiger partial charge in [-0.15, -0.1) is 11.8 Å². The number of thioether (sulfide) groups is 1. The van der Waals surface area contributed by atoms with Crippen LogP contribution >= 0.6 is 11.8 Å². The monoisotopic (exact) mass is 227 g/mol. The molecule has 0 unspecified atom stereocenters. The average molecular weight is 227 g/mol. The number of aliphatic hydroxyl groups is 1. The molecule has 15 heavy (non-hydrogen) atoms. The Morgan fingerprint density at radius 3 is 2.80 bits per heavy atom. The van der Waals surface area contributed by atoms with Crippen molar-refractivity contribution in [3.63, 3.8) is 0 Å². The lowest BCUT2D eigenvalue weighted by Crippen LogP contribution is -1.93. The number of aliphatic hydroxyl groups excluding tert-OH is 1. The first-order chi connectivity index (χ1) is 7.19. The highest BCUT2D eigenvalue weighted by molar-refractivity contribution is 7.99. The van der Waals surface area contributed by atoms with Crippen molar-refractivity contribution in [2.45, 2.75) is 4.90 Å². The predicted octanol–water partition coefficient (Wildman–Crippen LogP) is 1.49. The minimum absolute atomic E-state index is 0.0000483. The van der Waals surface area contributed by atoms with Crippen LogP contribution < -0.4 is 0 Å². The van der Waals surface area contributed by atoms with Gasteiger partial charge in [0.1, 0.15) is 0 Å². The first-order valence-corrected chi connectivity index (χ1v) is 5.15. The maximum Gasteiger partial charge on any atom is 0.270 e. The van der Waals surface area contributed by atoms with Gasteiger partial charge in [0.05, 0.1) is 11.5 Å². The van der Waals surface area contributed by atoms with E-state index in [0.717, 1.165) is 0 Å². The molecule has 0 aliphatic carbocycles. The van der Waals surface area contributed by atoms with Crippen LogP contribution in [0.2, 0.25) is 0 Å². The number of non-ortho nitro benzene ring substituents is 1. The van der Waals surface area contributed by atoms with E-state index >= 15 is 0 Å². The lowest BCUT2D eigenvalue weighted by atomic mass is 10.2. The van der Waals surface area contributed by atoms with Crippen LogP contribution in [-0.4, -0.2) is 28.7 Å². The second kappa shape index (κ2) is 5.47. The van der Waals surface area contributed by atoms with Crippen molar-refractivity contribution in [2.75, 3.05) is 12.4 Å². The summed E-state index contributed by atoms with van der Waals surface area (Å²) < 4.78 is 0. The normalized spacial score (nSPS) is 9.93. The van der Waals surface area contributed by atoms with Gasteiger partial charge in [0, 0.05) is 28.3 Å². The molecular formula is C9H9NO4S. The maximum absolute atomic E-state index is 10.7. The van der Waals surface area contributed by atoms with Crippen molar-refractivity contribution >= 4 is 23.7 Å². The van der Waals surface area contributed by atoms with Crippen LogP contribution in [-0.2, 0) is 0 Å². The molecule has 0 spiro atoms. The molecule has 1 aromatic rings. The van der Waals surface area contributed by atoms with Crippen LogP contribution in [0.15, 0.2) is 23.1 Å². The maximum atomic E-state index is 10.7. The highest BCUT2D eigenvalue weighted by atomic mass is 32.2. The van der Waals surface area contributed by atoms with Gasteiger partial charge < -0.3 is 5.11 Å². The number of rotatable bonds is 5. The standard InChI is InChI=1S/C9H9NO4S/c11-3-4-15-9-2-1-8(10(13)14)5-7(9)6-12/h1-2,5-6,11H,3-4H2. The summed E-state index contributed by atoms with van der Waals surface area (Å²) in [6, 6.07) is 4.08. The van der Waals surface area contributed by atoms with E-state index in [-0.39, 0.29) is 17.9 Å². The number of carbonyl (C=O) groups excluding carboxylic acids is 1. The lowest BCUT2D eigenvalue weighted by Gasteiger charge is -2.02. The molecule has 0 saturated carbocycles. The molecule has 0 amide bonds. The summed E-state index contributed by atoms with van der Waals surface area (Å²) >= 11 is 1.29. The smallest absolute Gasteiger partial charge is 0.270 e. The van der Waals surface area contributed by atoms with Crippen LogP contribution in [0.1, 0.15) is 10.4 Å². The Bertz CT molecular complexity index is 380. The summed E-state index contributed by atoms with van der Waals surface area (Å²) in [6.07, 6.45) is 0.576. The molecule has 0 radical (unpaired) electrons. The number of aldehydes is 1. The fourth-order valence-electron chi connectivity index (χ4n) is 1.03. The van der Waals surface area contributed by atoms with Crippen molar-refractivity contribution in [2.24, 2.45) is 0 Å². The molecule has 6 heteroatoms. The minimum atomic E-state index is -0.548. The second-order valence-electron chi connectivity index (χ2n) is 2.67. The molecule has 5 nitrogen and oxygen atoms in total. The first-order valence-electron chi connectivity index (χ1n) is 4.16.